The summed E-state index contributed by atoms with van der Waals surface area (Å²) < 4.78 is 18.0. The number of ether oxygens (including phenoxy) is 1. The number of rotatable bonds is 4. The Labute approximate surface area is 137 Å². The van der Waals surface area contributed by atoms with Crippen molar-refractivity contribution in [2.75, 3.05) is 6.54 Å². The summed E-state index contributed by atoms with van der Waals surface area (Å²) in [4.78, 5) is 37.5. The van der Waals surface area contributed by atoms with Crippen LogP contribution < -0.4 is 4.74 Å². The van der Waals surface area contributed by atoms with Crippen LogP contribution in [0.3, 0.4) is 0 Å². The normalized spacial score (nSPS) is 13.0. The molecule has 0 bridgehead atoms. The first-order valence-corrected chi connectivity index (χ1v) is 7.10. The van der Waals surface area contributed by atoms with E-state index in [0.717, 1.165) is 4.90 Å². The van der Waals surface area contributed by atoms with E-state index in [1.165, 1.54) is 48.5 Å². The Bertz CT molecular complexity index is 858. The van der Waals surface area contributed by atoms with Crippen molar-refractivity contribution in [3.63, 3.8) is 0 Å². The quantitative estimate of drug-likeness (QED) is 0.375. The highest BCUT2D eigenvalue weighted by molar-refractivity contribution is 6.22. The number of halogens is 1. The molecular weight excluding hydrogens is 313 g/mol. The van der Waals surface area contributed by atoms with E-state index in [0.29, 0.717) is 0 Å². The largest absolute Gasteiger partial charge is 0.423 e. The van der Waals surface area contributed by atoms with Crippen LogP contribution >= 0.6 is 0 Å². The highest BCUT2D eigenvalue weighted by atomic mass is 19.1. The van der Waals surface area contributed by atoms with Crippen LogP contribution in [-0.2, 0) is 0 Å². The minimum atomic E-state index is -0.702. The van der Waals surface area contributed by atoms with Crippen LogP contribution in [0.2, 0.25) is 0 Å². The lowest BCUT2D eigenvalue weighted by molar-refractivity contribution is 0.0671. The standard InChI is InChI=1S/C18H12FNO4/c1-2-9-20-16(21)14-8-3-11(10-15(14)17(20)22)18(23)24-13-6-4-12(19)5-7-13/h2-8,10H,1,9H2. The van der Waals surface area contributed by atoms with Gasteiger partial charge in [-0.2, -0.15) is 0 Å². The van der Waals surface area contributed by atoms with Gasteiger partial charge in [-0.1, -0.05) is 6.08 Å². The molecular formula is C18H12FNO4. The fourth-order valence-electron chi connectivity index (χ4n) is 2.38. The van der Waals surface area contributed by atoms with Crippen molar-refractivity contribution in [1.82, 2.24) is 4.90 Å². The summed E-state index contributed by atoms with van der Waals surface area (Å²) in [5.74, 6) is -1.87. The Balaban J connectivity index is 1.86. The summed E-state index contributed by atoms with van der Waals surface area (Å²) in [7, 11) is 0. The zero-order valence-corrected chi connectivity index (χ0v) is 12.5. The molecule has 2 amide bonds. The molecule has 0 radical (unpaired) electrons. The van der Waals surface area contributed by atoms with E-state index in [-0.39, 0.29) is 29.0 Å². The van der Waals surface area contributed by atoms with Crippen LogP contribution in [0, 0.1) is 5.82 Å². The number of benzene rings is 2. The predicted octanol–water partition coefficient (Wildman–Crippen LogP) is 2.83. The van der Waals surface area contributed by atoms with Crippen molar-refractivity contribution in [2.24, 2.45) is 0 Å². The molecule has 0 N–H and O–H groups in total. The Kier molecular flexibility index (Phi) is 3.95. The SMILES string of the molecule is C=CCN1C(=O)c2ccc(C(=O)Oc3ccc(F)cc3)cc2C1=O. The minimum Gasteiger partial charge on any atom is -0.423 e. The van der Waals surface area contributed by atoms with Crippen molar-refractivity contribution in [1.29, 1.82) is 0 Å². The first-order chi connectivity index (χ1) is 11.5. The Morgan fingerprint density at radius 1 is 1.08 bits per heavy atom. The molecule has 0 aromatic heterocycles. The van der Waals surface area contributed by atoms with Crippen LogP contribution in [0.4, 0.5) is 4.39 Å². The van der Waals surface area contributed by atoms with E-state index >= 15 is 0 Å². The molecule has 0 aliphatic carbocycles. The summed E-state index contributed by atoms with van der Waals surface area (Å²) in [6.07, 6.45) is 1.45. The average molecular weight is 325 g/mol. The zero-order chi connectivity index (χ0) is 17.3. The molecule has 3 rings (SSSR count). The van der Waals surface area contributed by atoms with Crippen LogP contribution in [0.15, 0.2) is 55.1 Å². The van der Waals surface area contributed by atoms with E-state index in [1.807, 2.05) is 0 Å². The van der Waals surface area contributed by atoms with E-state index in [2.05, 4.69) is 6.58 Å². The van der Waals surface area contributed by atoms with Gasteiger partial charge in [0.05, 0.1) is 16.7 Å². The van der Waals surface area contributed by atoms with Gasteiger partial charge in [0.1, 0.15) is 11.6 Å². The van der Waals surface area contributed by atoms with Gasteiger partial charge in [0.2, 0.25) is 0 Å². The molecule has 0 unspecified atom stereocenters. The minimum absolute atomic E-state index is 0.0989. The monoisotopic (exact) mass is 325 g/mol. The predicted molar refractivity (Wildman–Crippen MR) is 83.4 cm³/mol. The Morgan fingerprint density at radius 3 is 2.42 bits per heavy atom. The van der Waals surface area contributed by atoms with E-state index in [9.17, 15) is 18.8 Å². The van der Waals surface area contributed by atoms with Crippen LogP contribution in [0.25, 0.3) is 0 Å². The van der Waals surface area contributed by atoms with Crippen LogP contribution in [0.5, 0.6) is 5.75 Å². The fourth-order valence-corrected chi connectivity index (χ4v) is 2.38. The van der Waals surface area contributed by atoms with E-state index in [4.69, 9.17) is 4.74 Å². The lowest BCUT2D eigenvalue weighted by atomic mass is 10.1. The fraction of sp³-hybridized carbons (Fsp3) is 0.0556. The first-order valence-electron chi connectivity index (χ1n) is 7.10. The molecule has 1 aliphatic rings. The van der Waals surface area contributed by atoms with Gasteiger partial charge in [-0.3, -0.25) is 14.5 Å². The van der Waals surface area contributed by atoms with Crippen LogP contribution in [0.1, 0.15) is 31.1 Å². The molecule has 2 aromatic rings. The van der Waals surface area contributed by atoms with Gasteiger partial charge in [-0.25, -0.2) is 9.18 Å². The molecule has 0 saturated carbocycles. The molecule has 24 heavy (non-hydrogen) atoms. The van der Waals surface area contributed by atoms with Gasteiger partial charge in [-0.05, 0) is 42.5 Å². The number of esters is 1. The first kappa shape index (κ1) is 15.6. The smallest absolute Gasteiger partial charge is 0.343 e. The molecule has 6 heteroatoms. The Hall–Kier alpha value is -3.28. The van der Waals surface area contributed by atoms with Crippen molar-refractivity contribution in [3.05, 3.63) is 77.6 Å². The summed E-state index contributed by atoms with van der Waals surface area (Å²) in [5, 5.41) is 0. The molecule has 1 aliphatic heterocycles. The number of carbonyl (C=O) groups excluding carboxylic acids is 3. The van der Waals surface area contributed by atoms with Crippen molar-refractivity contribution >= 4 is 17.8 Å². The maximum atomic E-state index is 12.9. The van der Waals surface area contributed by atoms with Crippen LogP contribution in [-0.4, -0.2) is 29.2 Å². The van der Waals surface area contributed by atoms with Gasteiger partial charge in [-0.15, -0.1) is 6.58 Å². The number of nitrogens with zero attached hydrogens (tertiary/aromatic N) is 1. The second-order valence-corrected chi connectivity index (χ2v) is 5.11. The maximum absolute atomic E-state index is 12.9. The number of hydrogen-bond donors (Lipinski definition) is 0. The van der Waals surface area contributed by atoms with Crippen molar-refractivity contribution in [2.45, 2.75) is 0 Å². The molecule has 0 fully saturated rings. The van der Waals surface area contributed by atoms with Gasteiger partial charge in [0.15, 0.2) is 0 Å². The van der Waals surface area contributed by atoms with E-state index in [1.54, 1.807) is 0 Å². The molecule has 0 spiro atoms. The molecule has 120 valence electrons. The lowest BCUT2D eigenvalue weighted by Crippen LogP contribution is -2.29. The summed E-state index contributed by atoms with van der Waals surface area (Å²) in [6, 6.07) is 9.13. The average Bonchev–Trinajstić information content (AvgIpc) is 2.82. The highest BCUT2D eigenvalue weighted by Crippen LogP contribution is 2.24. The van der Waals surface area contributed by atoms with Crippen molar-refractivity contribution < 1.29 is 23.5 Å². The van der Waals surface area contributed by atoms with Gasteiger partial charge in [0, 0.05) is 6.54 Å². The van der Waals surface area contributed by atoms with Crippen molar-refractivity contribution in [3.8, 4) is 5.75 Å². The molecule has 0 atom stereocenters. The third-order valence-electron chi connectivity index (χ3n) is 3.54. The van der Waals surface area contributed by atoms with Gasteiger partial charge < -0.3 is 4.74 Å². The third kappa shape index (κ3) is 2.69. The lowest BCUT2D eigenvalue weighted by Gasteiger charge is -2.09. The zero-order valence-electron chi connectivity index (χ0n) is 12.5. The number of fused-ring (bicyclic) bond motifs is 1. The molecule has 1 heterocycles. The van der Waals surface area contributed by atoms with Gasteiger partial charge in [0.25, 0.3) is 11.8 Å². The molecule has 0 saturated heterocycles. The second kappa shape index (κ2) is 6.08. The third-order valence-corrected chi connectivity index (χ3v) is 3.54. The topological polar surface area (TPSA) is 63.7 Å². The summed E-state index contributed by atoms with van der Waals surface area (Å²) >= 11 is 0. The summed E-state index contributed by atoms with van der Waals surface area (Å²) in [5.41, 5.74) is 0.510. The summed E-state index contributed by atoms with van der Waals surface area (Å²) in [6.45, 7) is 3.61. The second-order valence-electron chi connectivity index (χ2n) is 5.11. The van der Waals surface area contributed by atoms with E-state index < -0.39 is 23.6 Å². The Morgan fingerprint density at radius 2 is 1.75 bits per heavy atom. The van der Waals surface area contributed by atoms with Gasteiger partial charge >= 0.3 is 5.97 Å². The highest BCUT2D eigenvalue weighted by Gasteiger charge is 2.35. The number of imide groups is 1. The number of hydrogen-bond acceptors (Lipinski definition) is 4. The number of amides is 2. The number of carbonyl (C=O) groups is 3. The molecule has 2 aromatic carbocycles. The molecule has 5 nitrogen and oxygen atoms in total. The maximum Gasteiger partial charge on any atom is 0.343 e.